The molecule has 9 heteroatoms. The van der Waals surface area contributed by atoms with Gasteiger partial charge in [0.05, 0.1) is 28.3 Å². The van der Waals surface area contributed by atoms with E-state index in [1.807, 2.05) is 41.5 Å². The molecule has 3 aliphatic heterocycles. The van der Waals surface area contributed by atoms with Crippen molar-refractivity contribution in [2.24, 2.45) is 39.4 Å². The number of ketones is 5. The lowest BCUT2D eigenvalue weighted by Crippen LogP contribution is -2.52. The molecular formula is C46H63NO8. The summed E-state index contributed by atoms with van der Waals surface area (Å²) in [5.41, 5.74) is -2.77. The highest BCUT2D eigenvalue weighted by atomic mass is 16.5. The Kier molecular flexibility index (Phi) is 10.3. The SMILES string of the molecule is CC(C)C(=O)c1c2c(c(OCCCN3CCCCC3)c3c1OC1=C(C(=O)C(C)(C)C(=O)C1(C)C)[C@@H]3C(C)C)[C@H](C(C)C)C1=C(O2)C(C)(C)C(=O)C(C)(C)C1=O. The number of piperidine rings is 1. The number of ether oxygens (including phenoxy) is 3. The van der Waals surface area contributed by atoms with E-state index in [4.69, 9.17) is 14.2 Å². The molecule has 0 N–H and O–H groups in total. The zero-order chi connectivity index (χ0) is 40.9. The summed E-state index contributed by atoms with van der Waals surface area (Å²) in [4.78, 5) is 74.8. The van der Waals surface area contributed by atoms with Gasteiger partial charge in [0.25, 0.3) is 0 Å². The van der Waals surface area contributed by atoms with Crippen molar-refractivity contribution in [3.8, 4) is 17.2 Å². The minimum atomic E-state index is -1.31. The summed E-state index contributed by atoms with van der Waals surface area (Å²) in [6.45, 7) is 29.0. The fourth-order valence-electron chi connectivity index (χ4n) is 10.1. The van der Waals surface area contributed by atoms with Crippen molar-refractivity contribution < 1.29 is 38.2 Å². The largest absolute Gasteiger partial charge is 0.493 e. The highest BCUT2D eigenvalue weighted by Gasteiger charge is 2.61. The monoisotopic (exact) mass is 757 g/mol. The van der Waals surface area contributed by atoms with Crippen LogP contribution < -0.4 is 14.2 Å². The van der Waals surface area contributed by atoms with E-state index < -0.39 is 39.4 Å². The van der Waals surface area contributed by atoms with Gasteiger partial charge in [0.1, 0.15) is 34.3 Å². The highest BCUT2D eigenvalue weighted by molar-refractivity contribution is 6.21. The van der Waals surface area contributed by atoms with Crippen molar-refractivity contribution in [1.29, 1.82) is 0 Å². The maximum Gasteiger partial charge on any atom is 0.175 e. The highest BCUT2D eigenvalue weighted by Crippen LogP contribution is 2.64. The summed E-state index contributed by atoms with van der Waals surface area (Å²) in [5, 5.41) is 0. The molecule has 1 fully saturated rings. The molecule has 0 spiro atoms. The lowest BCUT2D eigenvalue weighted by Gasteiger charge is -2.48. The molecule has 2 atom stereocenters. The molecule has 6 rings (SSSR count). The molecule has 3 heterocycles. The average molecular weight is 758 g/mol. The first-order chi connectivity index (χ1) is 25.4. The molecule has 0 aromatic heterocycles. The lowest BCUT2D eigenvalue weighted by atomic mass is 9.58. The molecular weight excluding hydrogens is 695 g/mol. The van der Waals surface area contributed by atoms with E-state index in [9.17, 15) is 24.0 Å². The molecule has 1 saturated heterocycles. The van der Waals surface area contributed by atoms with Crippen molar-refractivity contribution in [2.45, 2.75) is 134 Å². The Morgan fingerprint density at radius 2 is 1.09 bits per heavy atom. The Balaban J connectivity index is 1.71. The molecule has 9 nitrogen and oxygen atoms in total. The van der Waals surface area contributed by atoms with Crippen molar-refractivity contribution in [1.82, 2.24) is 4.90 Å². The second-order valence-electron chi connectivity index (χ2n) is 19.8. The van der Waals surface area contributed by atoms with E-state index in [1.165, 1.54) is 19.3 Å². The minimum absolute atomic E-state index is 0.184. The predicted molar refractivity (Wildman–Crippen MR) is 212 cm³/mol. The first-order valence-electron chi connectivity index (χ1n) is 20.6. The third-order valence-electron chi connectivity index (χ3n) is 13.0. The van der Waals surface area contributed by atoms with Crippen LogP contribution in [0.5, 0.6) is 17.2 Å². The Labute approximate surface area is 328 Å². The van der Waals surface area contributed by atoms with Crippen LogP contribution in [0.15, 0.2) is 22.7 Å². The van der Waals surface area contributed by atoms with E-state index >= 15 is 0 Å². The minimum Gasteiger partial charge on any atom is -0.493 e. The van der Waals surface area contributed by atoms with Crippen molar-refractivity contribution in [3.63, 3.8) is 0 Å². The van der Waals surface area contributed by atoms with Crippen LogP contribution in [0.2, 0.25) is 0 Å². The van der Waals surface area contributed by atoms with Crippen molar-refractivity contribution in [3.05, 3.63) is 39.4 Å². The van der Waals surface area contributed by atoms with Crippen LogP contribution in [-0.2, 0) is 19.2 Å². The van der Waals surface area contributed by atoms with Gasteiger partial charge in [0.2, 0.25) is 0 Å². The van der Waals surface area contributed by atoms with Gasteiger partial charge in [0, 0.05) is 46.6 Å². The van der Waals surface area contributed by atoms with Crippen LogP contribution >= 0.6 is 0 Å². The molecule has 1 aromatic carbocycles. The van der Waals surface area contributed by atoms with Gasteiger partial charge in [-0.1, -0.05) is 48.0 Å². The topological polar surface area (TPSA) is 116 Å². The fourth-order valence-corrected chi connectivity index (χ4v) is 10.1. The number of nitrogens with zero attached hydrogens (tertiary/aromatic N) is 1. The number of hydrogen-bond donors (Lipinski definition) is 0. The van der Waals surface area contributed by atoms with Crippen molar-refractivity contribution >= 4 is 28.9 Å². The summed E-state index contributed by atoms with van der Waals surface area (Å²) < 4.78 is 20.9. The molecule has 0 radical (unpaired) electrons. The van der Waals surface area contributed by atoms with Crippen LogP contribution in [-0.4, -0.2) is 60.1 Å². The fraction of sp³-hybridized carbons (Fsp3) is 0.674. The van der Waals surface area contributed by atoms with Crippen LogP contribution in [0, 0.1) is 39.4 Å². The Hall–Kier alpha value is -3.59. The van der Waals surface area contributed by atoms with E-state index in [1.54, 1.807) is 55.4 Å². The smallest absolute Gasteiger partial charge is 0.175 e. The van der Waals surface area contributed by atoms with Crippen molar-refractivity contribution in [2.75, 3.05) is 26.2 Å². The number of Topliss-reactive ketones (excluding diaryl/α,β-unsaturated/α-hetero) is 5. The molecule has 0 amide bonds. The van der Waals surface area contributed by atoms with Crippen LogP contribution in [0.4, 0.5) is 0 Å². The van der Waals surface area contributed by atoms with Gasteiger partial charge < -0.3 is 19.1 Å². The zero-order valence-electron chi connectivity index (χ0n) is 35.8. The van der Waals surface area contributed by atoms with Crippen LogP contribution in [0.3, 0.4) is 0 Å². The number of allylic oxidation sites excluding steroid dienone is 4. The third kappa shape index (κ3) is 6.08. The van der Waals surface area contributed by atoms with E-state index in [-0.39, 0.29) is 69.3 Å². The van der Waals surface area contributed by atoms with Gasteiger partial charge >= 0.3 is 0 Å². The number of fused-ring (bicyclic) bond motifs is 2. The van der Waals surface area contributed by atoms with Crippen LogP contribution in [0.25, 0.3) is 0 Å². The molecule has 0 bridgehead atoms. The summed E-state index contributed by atoms with van der Waals surface area (Å²) >= 11 is 0. The Morgan fingerprint density at radius 1 is 0.673 bits per heavy atom. The Bertz CT molecular complexity index is 1810. The zero-order valence-corrected chi connectivity index (χ0v) is 35.8. The van der Waals surface area contributed by atoms with Gasteiger partial charge in [-0.2, -0.15) is 0 Å². The molecule has 300 valence electrons. The second-order valence-corrected chi connectivity index (χ2v) is 19.8. The molecule has 1 aromatic rings. The van der Waals surface area contributed by atoms with E-state index in [0.29, 0.717) is 34.6 Å². The number of carbonyl (C=O) groups excluding carboxylic acids is 5. The quantitative estimate of drug-likeness (QED) is 0.138. The number of carbonyl (C=O) groups is 5. The Morgan fingerprint density at radius 3 is 1.47 bits per heavy atom. The number of likely N-dealkylation sites (tertiary alicyclic amines) is 1. The molecule has 5 aliphatic rings. The third-order valence-corrected chi connectivity index (χ3v) is 13.0. The average Bonchev–Trinajstić information content (AvgIpc) is 3.12. The summed E-state index contributed by atoms with van der Waals surface area (Å²) in [6.07, 6.45) is 4.33. The maximum atomic E-state index is 14.8. The maximum absolute atomic E-state index is 14.8. The molecule has 55 heavy (non-hydrogen) atoms. The standard InChI is InChI=1S/C46H63NO8/c1-23(2)26-28-34(53-22-18-21-47-19-16-15-17-20-47)29-27(24(3)4)31-38(50)44(9,10)42(52)46(13,14)40(31)55-36(29)32(33(48)25(5)6)35(28)54-39-30(26)37(49)43(7,8)41(51)45(39,11)12/h23-27H,15-22H2,1-14H3/t26-,27+. The summed E-state index contributed by atoms with van der Waals surface area (Å²) in [6, 6.07) is 0. The molecule has 0 saturated carbocycles. The normalized spacial score (nSPS) is 25.4. The first-order valence-corrected chi connectivity index (χ1v) is 20.6. The lowest BCUT2D eigenvalue weighted by molar-refractivity contribution is -0.146. The number of rotatable bonds is 9. The van der Waals surface area contributed by atoms with E-state index in [0.717, 1.165) is 26.1 Å². The van der Waals surface area contributed by atoms with Gasteiger partial charge in [0.15, 0.2) is 28.9 Å². The van der Waals surface area contributed by atoms with Gasteiger partial charge in [-0.3, -0.25) is 24.0 Å². The van der Waals surface area contributed by atoms with E-state index in [2.05, 4.69) is 4.90 Å². The first kappa shape index (κ1) is 41.1. The number of benzene rings is 1. The molecule has 0 unspecified atom stereocenters. The molecule has 2 aliphatic carbocycles. The van der Waals surface area contributed by atoms with Crippen LogP contribution in [0.1, 0.15) is 156 Å². The predicted octanol–water partition coefficient (Wildman–Crippen LogP) is 8.96. The van der Waals surface area contributed by atoms with Gasteiger partial charge in [-0.15, -0.1) is 0 Å². The summed E-state index contributed by atoms with van der Waals surface area (Å²) in [5.74, 6) is -2.00. The van der Waals surface area contributed by atoms with Gasteiger partial charge in [-0.25, -0.2) is 0 Å². The van der Waals surface area contributed by atoms with Gasteiger partial charge in [-0.05, 0) is 99.6 Å². The number of hydrogen-bond acceptors (Lipinski definition) is 9. The summed E-state index contributed by atoms with van der Waals surface area (Å²) in [7, 11) is 0. The second kappa shape index (κ2) is 13.8.